The van der Waals surface area contributed by atoms with Crippen molar-refractivity contribution in [2.75, 3.05) is 20.1 Å². The minimum absolute atomic E-state index is 0.0252. The van der Waals surface area contributed by atoms with Gasteiger partial charge in [-0.05, 0) is 36.2 Å². The third-order valence-corrected chi connectivity index (χ3v) is 6.35. The predicted molar refractivity (Wildman–Crippen MR) is 120 cm³/mol. The zero-order valence-corrected chi connectivity index (χ0v) is 19.1. The molecule has 33 heavy (non-hydrogen) atoms. The molecule has 0 aliphatic carbocycles. The Morgan fingerprint density at radius 3 is 2.55 bits per heavy atom. The van der Waals surface area contributed by atoms with Gasteiger partial charge in [-0.15, -0.1) is 0 Å². The highest BCUT2D eigenvalue weighted by atomic mass is 35.5. The molecule has 2 fully saturated rings. The molecule has 0 unspecified atom stereocenters. The fourth-order valence-corrected chi connectivity index (χ4v) is 4.50. The SMILES string of the molecule is C[C@H]1C(=O)N(Cc2ccccc2Cl)C[C@H]2N1C(=O)CN(C)N2C(=O)NCc1ccc(F)cc1. The largest absolute Gasteiger partial charge is 0.334 e. The van der Waals surface area contributed by atoms with Gasteiger partial charge < -0.3 is 15.1 Å². The van der Waals surface area contributed by atoms with Gasteiger partial charge in [-0.1, -0.05) is 41.9 Å². The average molecular weight is 474 g/mol. The van der Waals surface area contributed by atoms with Gasteiger partial charge in [-0.25, -0.2) is 19.2 Å². The van der Waals surface area contributed by atoms with Gasteiger partial charge in [0.2, 0.25) is 11.8 Å². The third kappa shape index (κ3) is 4.65. The molecule has 2 saturated heterocycles. The highest BCUT2D eigenvalue weighted by Crippen LogP contribution is 2.27. The summed E-state index contributed by atoms with van der Waals surface area (Å²) in [6.07, 6.45) is -0.667. The number of hydrogen-bond donors (Lipinski definition) is 1. The predicted octanol–water partition coefficient (Wildman–Crippen LogP) is 2.44. The number of likely N-dealkylation sites (N-methyl/N-ethyl adjacent to an activating group) is 1. The lowest BCUT2D eigenvalue weighted by Crippen LogP contribution is -2.75. The molecule has 0 spiro atoms. The Morgan fingerprint density at radius 1 is 1.15 bits per heavy atom. The van der Waals surface area contributed by atoms with Gasteiger partial charge >= 0.3 is 6.03 Å². The number of amides is 4. The summed E-state index contributed by atoms with van der Waals surface area (Å²) >= 11 is 6.29. The van der Waals surface area contributed by atoms with E-state index >= 15 is 0 Å². The van der Waals surface area contributed by atoms with Crippen LogP contribution in [0.15, 0.2) is 48.5 Å². The number of nitrogens with one attached hydrogen (secondary N) is 1. The van der Waals surface area contributed by atoms with E-state index in [-0.39, 0.29) is 43.8 Å². The molecular weight excluding hydrogens is 449 g/mol. The Labute approximate surface area is 196 Å². The van der Waals surface area contributed by atoms with Crippen LogP contribution in [0.4, 0.5) is 9.18 Å². The Bertz CT molecular complexity index is 1070. The molecule has 2 heterocycles. The number of urea groups is 1. The fraction of sp³-hybridized carbons (Fsp3) is 0.348. The molecule has 2 aromatic carbocycles. The lowest BCUT2D eigenvalue weighted by atomic mass is 10.1. The minimum Gasteiger partial charge on any atom is -0.333 e. The van der Waals surface area contributed by atoms with Crippen LogP contribution in [0.5, 0.6) is 0 Å². The lowest BCUT2D eigenvalue weighted by molar-refractivity contribution is -0.186. The molecule has 4 rings (SSSR count). The first-order valence-corrected chi connectivity index (χ1v) is 11.0. The summed E-state index contributed by atoms with van der Waals surface area (Å²) in [4.78, 5) is 42.1. The summed E-state index contributed by atoms with van der Waals surface area (Å²) in [5.41, 5.74) is 1.53. The van der Waals surface area contributed by atoms with Crippen LogP contribution >= 0.6 is 11.6 Å². The molecule has 174 valence electrons. The third-order valence-electron chi connectivity index (χ3n) is 5.98. The maximum Gasteiger partial charge on any atom is 0.334 e. The van der Waals surface area contributed by atoms with Crippen LogP contribution in [-0.2, 0) is 22.7 Å². The van der Waals surface area contributed by atoms with Gasteiger partial charge in [0.25, 0.3) is 0 Å². The number of benzene rings is 2. The number of carbonyl (C=O) groups excluding carboxylic acids is 3. The maximum atomic E-state index is 13.2. The van der Waals surface area contributed by atoms with Gasteiger partial charge in [-0.2, -0.15) is 0 Å². The number of hydrazine groups is 1. The van der Waals surface area contributed by atoms with Crippen LogP contribution in [0.1, 0.15) is 18.1 Å². The van der Waals surface area contributed by atoms with Crippen molar-refractivity contribution in [2.45, 2.75) is 32.2 Å². The normalized spacial score (nSPS) is 21.3. The van der Waals surface area contributed by atoms with Gasteiger partial charge in [0, 0.05) is 25.2 Å². The van der Waals surface area contributed by atoms with E-state index in [4.69, 9.17) is 11.6 Å². The van der Waals surface area contributed by atoms with E-state index in [1.54, 1.807) is 42.1 Å². The van der Waals surface area contributed by atoms with E-state index in [0.29, 0.717) is 5.02 Å². The summed E-state index contributed by atoms with van der Waals surface area (Å²) in [6.45, 7) is 2.26. The summed E-state index contributed by atoms with van der Waals surface area (Å²) in [7, 11) is 1.66. The molecule has 2 aliphatic rings. The zero-order valence-electron chi connectivity index (χ0n) is 18.4. The van der Waals surface area contributed by atoms with Crippen LogP contribution in [0, 0.1) is 5.82 Å². The van der Waals surface area contributed by atoms with Crippen molar-refractivity contribution in [3.8, 4) is 0 Å². The van der Waals surface area contributed by atoms with Gasteiger partial charge in [0.1, 0.15) is 18.0 Å². The molecule has 0 aromatic heterocycles. The van der Waals surface area contributed by atoms with Crippen molar-refractivity contribution in [2.24, 2.45) is 0 Å². The summed E-state index contributed by atoms with van der Waals surface area (Å²) in [6, 6.07) is 12.0. The summed E-state index contributed by atoms with van der Waals surface area (Å²) in [5, 5.41) is 6.39. The Kier molecular flexibility index (Phi) is 6.53. The van der Waals surface area contributed by atoms with Crippen LogP contribution in [-0.4, -0.2) is 70.0 Å². The second kappa shape index (κ2) is 9.36. The van der Waals surface area contributed by atoms with E-state index in [9.17, 15) is 18.8 Å². The second-order valence-corrected chi connectivity index (χ2v) is 8.62. The van der Waals surface area contributed by atoms with Crippen molar-refractivity contribution in [1.29, 1.82) is 0 Å². The van der Waals surface area contributed by atoms with Crippen molar-refractivity contribution >= 4 is 29.4 Å². The van der Waals surface area contributed by atoms with Crippen molar-refractivity contribution in [1.82, 2.24) is 25.1 Å². The molecular formula is C23H25ClFN5O3. The van der Waals surface area contributed by atoms with Gasteiger partial charge in [0.05, 0.1) is 13.1 Å². The second-order valence-electron chi connectivity index (χ2n) is 8.21. The molecule has 2 aromatic rings. The fourth-order valence-electron chi connectivity index (χ4n) is 4.30. The monoisotopic (exact) mass is 473 g/mol. The van der Waals surface area contributed by atoms with E-state index in [2.05, 4.69) is 5.32 Å². The van der Waals surface area contributed by atoms with E-state index in [1.807, 2.05) is 18.2 Å². The number of nitrogens with zero attached hydrogens (tertiary/aromatic N) is 4. The number of rotatable bonds is 4. The molecule has 10 heteroatoms. The van der Waals surface area contributed by atoms with E-state index in [0.717, 1.165) is 11.1 Å². The summed E-state index contributed by atoms with van der Waals surface area (Å²) in [5.74, 6) is -0.770. The molecule has 2 atom stereocenters. The Morgan fingerprint density at radius 2 is 1.85 bits per heavy atom. The van der Waals surface area contributed by atoms with Crippen molar-refractivity contribution in [3.63, 3.8) is 0 Å². The highest BCUT2D eigenvalue weighted by molar-refractivity contribution is 6.31. The van der Waals surface area contributed by atoms with Crippen molar-refractivity contribution in [3.05, 3.63) is 70.5 Å². The first kappa shape index (κ1) is 23.0. The molecule has 1 N–H and O–H groups in total. The molecule has 0 saturated carbocycles. The molecule has 4 amide bonds. The topological polar surface area (TPSA) is 76.2 Å². The van der Waals surface area contributed by atoms with Crippen LogP contribution in [0.25, 0.3) is 0 Å². The molecule has 0 radical (unpaired) electrons. The molecule has 8 nitrogen and oxygen atoms in total. The Balaban J connectivity index is 1.55. The van der Waals surface area contributed by atoms with Crippen LogP contribution < -0.4 is 5.32 Å². The van der Waals surface area contributed by atoms with Gasteiger partial charge in [0.15, 0.2) is 0 Å². The first-order valence-electron chi connectivity index (χ1n) is 10.6. The van der Waals surface area contributed by atoms with Crippen LogP contribution in [0.3, 0.4) is 0 Å². The molecule has 2 aliphatic heterocycles. The zero-order chi connectivity index (χ0) is 23.7. The van der Waals surface area contributed by atoms with Gasteiger partial charge in [-0.3, -0.25) is 9.59 Å². The number of fused-ring (bicyclic) bond motifs is 1. The van der Waals surface area contributed by atoms with Crippen molar-refractivity contribution < 1.29 is 18.8 Å². The maximum absolute atomic E-state index is 13.2. The standard InChI is InChI=1S/C23H25ClFN5O3/c1-15-22(32)28(12-17-5-3-4-6-19(17)24)13-20-29(15)21(31)14-27(2)30(20)23(33)26-11-16-7-9-18(25)10-8-16/h3-10,15,20H,11-14H2,1-2H3,(H,26,33)/t15-,20-/m0/s1. The number of hydrogen-bond acceptors (Lipinski definition) is 4. The smallest absolute Gasteiger partial charge is 0.333 e. The molecule has 0 bridgehead atoms. The lowest BCUT2D eigenvalue weighted by Gasteiger charge is -2.53. The van der Waals surface area contributed by atoms with E-state index < -0.39 is 18.2 Å². The number of carbonyl (C=O) groups is 3. The first-order chi connectivity index (χ1) is 15.8. The number of halogens is 2. The number of piperazine rings is 1. The Hall–Kier alpha value is -3.17. The summed E-state index contributed by atoms with van der Waals surface area (Å²) < 4.78 is 13.2. The minimum atomic E-state index is -0.722. The van der Waals surface area contributed by atoms with E-state index in [1.165, 1.54) is 22.0 Å². The van der Waals surface area contributed by atoms with Crippen LogP contribution in [0.2, 0.25) is 5.02 Å². The average Bonchev–Trinajstić information content (AvgIpc) is 2.78. The quantitative estimate of drug-likeness (QED) is 0.740. The highest BCUT2D eigenvalue weighted by Gasteiger charge is 2.49.